The van der Waals surface area contributed by atoms with Gasteiger partial charge in [-0.15, -0.1) is 5.10 Å². The molecule has 1 amide bonds. The number of hydrogen-bond acceptors (Lipinski definition) is 7. The number of benzene rings is 1. The van der Waals surface area contributed by atoms with Crippen LogP contribution in [0, 0.1) is 0 Å². The third-order valence-electron chi connectivity index (χ3n) is 6.85. The Labute approximate surface area is 193 Å². The zero-order valence-corrected chi connectivity index (χ0v) is 18.7. The number of pyridine rings is 1. The fraction of sp³-hybridized carbons (Fsp3) is 0.417. The quantitative estimate of drug-likeness (QED) is 0.561. The Morgan fingerprint density at radius 1 is 0.970 bits per heavy atom. The Kier molecular flexibility index (Phi) is 6.21. The van der Waals surface area contributed by atoms with Gasteiger partial charge in [0.25, 0.3) is 0 Å². The van der Waals surface area contributed by atoms with Gasteiger partial charge in [-0.3, -0.25) is 9.69 Å². The Balaban J connectivity index is 1.16. The molecule has 0 spiro atoms. The van der Waals surface area contributed by atoms with Crippen molar-refractivity contribution in [1.29, 1.82) is 0 Å². The summed E-state index contributed by atoms with van der Waals surface area (Å²) in [4.78, 5) is 24.0. The summed E-state index contributed by atoms with van der Waals surface area (Å²) in [6.07, 6.45) is 7.53. The van der Waals surface area contributed by atoms with E-state index in [2.05, 4.69) is 49.5 Å². The van der Waals surface area contributed by atoms with E-state index in [1.165, 1.54) is 35.9 Å². The molecule has 0 bridgehead atoms. The van der Waals surface area contributed by atoms with Crippen molar-refractivity contribution < 1.29 is 4.79 Å². The van der Waals surface area contributed by atoms with Gasteiger partial charge in [0.15, 0.2) is 5.82 Å². The average molecular weight is 447 g/mol. The predicted molar refractivity (Wildman–Crippen MR) is 127 cm³/mol. The largest absolute Gasteiger partial charge is 0.368 e. The summed E-state index contributed by atoms with van der Waals surface area (Å²) >= 11 is 0. The summed E-state index contributed by atoms with van der Waals surface area (Å²) < 4.78 is 1.52. The molecule has 33 heavy (non-hydrogen) atoms. The third kappa shape index (κ3) is 4.83. The van der Waals surface area contributed by atoms with Gasteiger partial charge in [-0.1, -0.05) is 18.2 Å². The molecule has 3 N–H and O–H groups in total. The minimum atomic E-state index is 0.289. The van der Waals surface area contributed by atoms with Crippen molar-refractivity contribution in [1.82, 2.24) is 29.5 Å². The second kappa shape index (κ2) is 9.58. The lowest BCUT2D eigenvalue weighted by molar-refractivity contribution is -0.120. The van der Waals surface area contributed by atoms with Crippen molar-refractivity contribution in [3.05, 3.63) is 54.2 Å². The lowest BCUT2D eigenvalue weighted by Gasteiger charge is -2.41. The Bertz CT molecular complexity index is 1050. The van der Waals surface area contributed by atoms with Crippen LogP contribution in [0.5, 0.6) is 0 Å². The summed E-state index contributed by atoms with van der Waals surface area (Å²) in [6.45, 7) is 3.73. The van der Waals surface area contributed by atoms with Crippen molar-refractivity contribution in [2.45, 2.75) is 37.6 Å². The van der Waals surface area contributed by atoms with Crippen molar-refractivity contribution in [3.8, 4) is 5.82 Å². The molecule has 1 aliphatic heterocycles. The molecule has 0 unspecified atom stereocenters. The van der Waals surface area contributed by atoms with Crippen molar-refractivity contribution in [3.63, 3.8) is 0 Å². The minimum Gasteiger partial charge on any atom is -0.368 e. The number of piperazine rings is 1. The number of anilines is 3. The second-order valence-electron chi connectivity index (χ2n) is 8.82. The molecular formula is C24H30N8O. The second-order valence-corrected chi connectivity index (χ2v) is 8.82. The normalized spacial score (nSPS) is 21.6. The highest BCUT2D eigenvalue weighted by atomic mass is 16.1. The molecule has 9 heteroatoms. The number of aromatic nitrogens is 4. The number of nitrogen functional groups attached to an aromatic ring is 1. The van der Waals surface area contributed by atoms with Crippen molar-refractivity contribution in [2.75, 3.05) is 37.2 Å². The topological polar surface area (TPSA) is 105 Å². The molecule has 2 aromatic heterocycles. The van der Waals surface area contributed by atoms with Gasteiger partial charge in [0.1, 0.15) is 0 Å². The maximum atomic E-state index is 10.9. The molecule has 9 nitrogen and oxygen atoms in total. The highest BCUT2D eigenvalue weighted by Gasteiger charge is 2.28. The maximum Gasteiger partial charge on any atom is 0.248 e. The molecule has 2 fully saturated rings. The van der Waals surface area contributed by atoms with Crippen molar-refractivity contribution >= 4 is 24.0 Å². The monoisotopic (exact) mass is 446 g/mol. The number of rotatable bonds is 6. The van der Waals surface area contributed by atoms with Crippen LogP contribution in [0.25, 0.3) is 5.82 Å². The van der Waals surface area contributed by atoms with Crippen LogP contribution in [0.2, 0.25) is 0 Å². The van der Waals surface area contributed by atoms with E-state index in [1.54, 1.807) is 6.20 Å². The fourth-order valence-electron chi connectivity index (χ4n) is 4.97. The average Bonchev–Trinajstić information content (AvgIpc) is 3.25. The van der Waals surface area contributed by atoms with Gasteiger partial charge in [-0.05, 0) is 61.4 Å². The first-order valence-electron chi connectivity index (χ1n) is 11.6. The van der Waals surface area contributed by atoms with Crippen LogP contribution in [-0.2, 0) is 4.79 Å². The van der Waals surface area contributed by atoms with Crippen molar-refractivity contribution in [2.24, 2.45) is 0 Å². The van der Waals surface area contributed by atoms with Gasteiger partial charge in [-0.25, -0.2) is 4.98 Å². The van der Waals surface area contributed by atoms with E-state index >= 15 is 0 Å². The van der Waals surface area contributed by atoms with Crippen LogP contribution in [0.1, 0.15) is 37.2 Å². The highest BCUT2D eigenvalue weighted by Crippen LogP contribution is 2.35. The molecule has 2 aliphatic rings. The summed E-state index contributed by atoms with van der Waals surface area (Å²) in [7, 11) is 0. The Hall–Kier alpha value is -3.46. The van der Waals surface area contributed by atoms with Gasteiger partial charge in [-0.2, -0.15) is 9.67 Å². The van der Waals surface area contributed by atoms with Crippen LogP contribution in [0.15, 0.2) is 48.7 Å². The van der Waals surface area contributed by atoms with E-state index < -0.39 is 0 Å². The summed E-state index contributed by atoms with van der Waals surface area (Å²) in [5, 5.41) is 7.67. The summed E-state index contributed by atoms with van der Waals surface area (Å²) in [6, 6.07) is 14.8. The first kappa shape index (κ1) is 21.4. The van der Waals surface area contributed by atoms with Crippen LogP contribution in [0.4, 0.5) is 17.6 Å². The first-order valence-corrected chi connectivity index (χ1v) is 11.6. The third-order valence-corrected chi connectivity index (χ3v) is 6.85. The lowest BCUT2D eigenvalue weighted by atomic mass is 9.81. The van der Waals surface area contributed by atoms with E-state index in [0.717, 1.165) is 38.3 Å². The van der Waals surface area contributed by atoms with Crippen LogP contribution in [0.3, 0.4) is 0 Å². The molecule has 0 radical (unpaired) electrons. The van der Waals surface area contributed by atoms with Crippen LogP contribution < -0.4 is 11.1 Å². The lowest BCUT2D eigenvalue weighted by Crippen LogP contribution is -2.50. The molecule has 1 saturated heterocycles. The Morgan fingerprint density at radius 3 is 2.39 bits per heavy atom. The van der Waals surface area contributed by atoms with Gasteiger partial charge in [0.05, 0.1) is 0 Å². The molecule has 1 aliphatic carbocycles. The number of carbonyl (C=O) groups excluding carboxylic acids is 1. The number of nitrogens with zero attached hydrogens (tertiary/aromatic N) is 6. The van der Waals surface area contributed by atoms with E-state index in [1.807, 2.05) is 23.1 Å². The van der Waals surface area contributed by atoms with E-state index in [0.29, 0.717) is 23.7 Å². The first-order chi connectivity index (χ1) is 16.2. The predicted octanol–water partition coefficient (Wildman–Crippen LogP) is 2.79. The molecule has 1 saturated carbocycles. The highest BCUT2D eigenvalue weighted by molar-refractivity contribution is 5.55. The maximum absolute atomic E-state index is 10.9. The van der Waals surface area contributed by atoms with Crippen LogP contribution >= 0.6 is 0 Å². The van der Waals surface area contributed by atoms with Gasteiger partial charge in [0, 0.05) is 44.1 Å². The molecule has 3 aromatic rings. The number of nitrogens with one attached hydrogen (secondary N) is 1. The molecule has 0 atom stereocenters. The minimum absolute atomic E-state index is 0.289. The van der Waals surface area contributed by atoms with Gasteiger partial charge < -0.3 is 16.0 Å². The fourth-order valence-corrected chi connectivity index (χ4v) is 4.97. The zero-order valence-electron chi connectivity index (χ0n) is 18.7. The van der Waals surface area contributed by atoms with E-state index in [-0.39, 0.29) is 5.95 Å². The SMILES string of the molecule is Nc1nc(Nc2ccc(C3CCC(N4CCN(C=O)CC4)CC3)cc2)nn1-c1ccccn1. The number of amides is 1. The van der Waals surface area contributed by atoms with Gasteiger partial charge >= 0.3 is 0 Å². The Morgan fingerprint density at radius 2 is 1.73 bits per heavy atom. The van der Waals surface area contributed by atoms with Crippen LogP contribution in [-0.4, -0.2) is 68.2 Å². The molecule has 172 valence electrons. The summed E-state index contributed by atoms with van der Waals surface area (Å²) in [5.74, 6) is 1.97. The zero-order chi connectivity index (χ0) is 22.6. The summed E-state index contributed by atoms with van der Waals surface area (Å²) in [5.41, 5.74) is 8.33. The standard InChI is InChI=1S/C24H30N8O/c25-23-28-24(29-32(23)22-3-1-2-12-26-22)27-20-8-4-18(5-9-20)19-6-10-21(11-7-19)31-15-13-30(17-33)14-16-31/h1-5,8-9,12,17,19,21H,6-7,10-11,13-16H2,(H3,25,27,28,29). The number of carbonyl (C=O) groups is 1. The molecular weight excluding hydrogens is 416 g/mol. The van der Waals surface area contributed by atoms with E-state index in [4.69, 9.17) is 5.73 Å². The smallest absolute Gasteiger partial charge is 0.248 e. The van der Waals surface area contributed by atoms with Gasteiger partial charge in [0.2, 0.25) is 18.3 Å². The molecule has 5 rings (SSSR count). The number of nitrogens with two attached hydrogens (primary N) is 1. The molecule has 3 heterocycles. The number of hydrogen-bond donors (Lipinski definition) is 2. The van der Waals surface area contributed by atoms with E-state index in [9.17, 15) is 4.79 Å². The molecule has 1 aromatic carbocycles.